The van der Waals surface area contributed by atoms with Crippen LogP contribution in [0, 0.1) is 0 Å². The van der Waals surface area contributed by atoms with E-state index in [4.69, 9.17) is 18.9 Å². The van der Waals surface area contributed by atoms with Crippen LogP contribution in [0.1, 0.15) is 50.2 Å². The Labute approximate surface area is 154 Å². The fourth-order valence-corrected chi connectivity index (χ4v) is 4.42. The van der Waals surface area contributed by atoms with Gasteiger partial charge in [-0.15, -0.1) is 0 Å². The Bertz CT molecular complexity index is 595. The molecule has 0 amide bonds. The maximum Gasteiger partial charge on any atom is 0.224 e. The quantitative estimate of drug-likeness (QED) is 0.857. The highest BCUT2D eigenvalue weighted by Gasteiger charge is 2.63. The van der Waals surface area contributed by atoms with Crippen molar-refractivity contribution in [2.75, 3.05) is 19.8 Å². The number of aliphatic hydroxyl groups is 2. The molecule has 0 bridgehead atoms. The van der Waals surface area contributed by atoms with Crippen molar-refractivity contribution in [2.24, 2.45) is 0 Å². The Balaban J connectivity index is 1.66. The lowest BCUT2D eigenvalue weighted by Gasteiger charge is -2.57. The van der Waals surface area contributed by atoms with Crippen molar-refractivity contribution in [1.29, 1.82) is 0 Å². The van der Waals surface area contributed by atoms with Gasteiger partial charge in [-0.3, -0.25) is 0 Å². The van der Waals surface area contributed by atoms with E-state index >= 15 is 0 Å². The highest BCUT2D eigenvalue weighted by Crippen LogP contribution is 2.52. The zero-order chi connectivity index (χ0) is 18.0. The summed E-state index contributed by atoms with van der Waals surface area (Å²) in [6.45, 7) is 0.268. The zero-order valence-electron chi connectivity index (χ0n) is 15.0. The molecule has 6 heteroatoms. The summed E-state index contributed by atoms with van der Waals surface area (Å²) in [5, 5.41) is 19.3. The molecule has 4 rings (SSSR count). The van der Waals surface area contributed by atoms with E-state index in [1.165, 1.54) is 0 Å². The molecule has 3 aliphatic heterocycles. The molecule has 1 aromatic rings. The second kappa shape index (κ2) is 7.54. The van der Waals surface area contributed by atoms with Gasteiger partial charge in [0.2, 0.25) is 11.6 Å². The molecule has 3 saturated heterocycles. The number of hydrogen-bond donors (Lipinski definition) is 2. The predicted molar refractivity (Wildman–Crippen MR) is 93.3 cm³/mol. The van der Waals surface area contributed by atoms with Gasteiger partial charge in [0.05, 0.1) is 32.0 Å². The van der Waals surface area contributed by atoms with Crippen LogP contribution in [-0.4, -0.2) is 53.8 Å². The molecule has 5 atom stereocenters. The van der Waals surface area contributed by atoms with Gasteiger partial charge in [-0.2, -0.15) is 0 Å². The predicted octanol–water partition coefficient (Wildman–Crippen LogP) is 2.29. The van der Waals surface area contributed by atoms with Crippen LogP contribution in [-0.2, 0) is 18.9 Å². The minimum atomic E-state index is -1.06. The number of fused-ring (bicyclic) bond motifs is 1. The van der Waals surface area contributed by atoms with Crippen LogP contribution < -0.4 is 0 Å². The van der Waals surface area contributed by atoms with Crippen LogP contribution in [0.2, 0.25) is 0 Å². The molecular formula is C20H28O6. The monoisotopic (exact) mass is 364 g/mol. The molecule has 1 aromatic carbocycles. The minimum absolute atomic E-state index is 0.0489. The van der Waals surface area contributed by atoms with E-state index in [0.717, 1.165) is 31.2 Å². The fraction of sp³-hybridized carbons (Fsp3) is 0.700. The first-order chi connectivity index (χ1) is 12.7. The Morgan fingerprint density at radius 3 is 2.12 bits per heavy atom. The first-order valence-corrected chi connectivity index (χ1v) is 9.64. The molecule has 0 aromatic heterocycles. The van der Waals surface area contributed by atoms with Gasteiger partial charge in [-0.1, -0.05) is 30.3 Å². The van der Waals surface area contributed by atoms with Crippen LogP contribution in [0.3, 0.4) is 0 Å². The molecule has 3 heterocycles. The van der Waals surface area contributed by atoms with Crippen LogP contribution in [0.15, 0.2) is 30.3 Å². The first-order valence-electron chi connectivity index (χ1n) is 9.64. The van der Waals surface area contributed by atoms with Gasteiger partial charge in [-0.05, 0) is 31.2 Å². The molecule has 2 spiro atoms. The largest absolute Gasteiger partial charge is 0.394 e. The number of ether oxygens (including phenoxy) is 4. The standard InChI is InChI=1S/C20H28O6/c21-12-16-8-4-10-19(24-16)20(11-5-9-17(13-22)25-20)26-18(14-23-19)15-6-2-1-3-7-15/h1-3,6-7,16-18,21-22H,4-5,8-14H2/t16-,17-,18-,19+,20-/m0/s1. The van der Waals surface area contributed by atoms with Crippen LogP contribution in [0.4, 0.5) is 0 Å². The van der Waals surface area contributed by atoms with E-state index in [1.54, 1.807) is 0 Å². The van der Waals surface area contributed by atoms with Crippen molar-refractivity contribution in [3.8, 4) is 0 Å². The van der Waals surface area contributed by atoms with Crippen molar-refractivity contribution in [1.82, 2.24) is 0 Å². The lowest BCUT2D eigenvalue weighted by Crippen LogP contribution is -2.68. The maximum atomic E-state index is 9.67. The molecule has 2 N–H and O–H groups in total. The number of benzene rings is 1. The summed E-state index contributed by atoms with van der Waals surface area (Å²) in [6.07, 6.45) is 3.80. The molecule has 3 fully saturated rings. The first kappa shape index (κ1) is 18.3. The molecule has 3 aliphatic rings. The Kier molecular flexibility index (Phi) is 5.32. The van der Waals surface area contributed by atoms with Gasteiger partial charge in [0.25, 0.3) is 0 Å². The van der Waals surface area contributed by atoms with Gasteiger partial charge in [0.1, 0.15) is 6.10 Å². The maximum absolute atomic E-state index is 9.67. The molecule has 144 valence electrons. The minimum Gasteiger partial charge on any atom is -0.394 e. The number of rotatable bonds is 3. The van der Waals surface area contributed by atoms with E-state index in [-0.39, 0.29) is 31.5 Å². The third kappa shape index (κ3) is 3.19. The van der Waals surface area contributed by atoms with Gasteiger partial charge >= 0.3 is 0 Å². The summed E-state index contributed by atoms with van der Waals surface area (Å²) >= 11 is 0. The SMILES string of the molecule is OC[C@@H]1CCC[C@]2(O1)O[C@H](c1ccccc1)CO[C@@]21CCC[C@@H](CO)O1. The van der Waals surface area contributed by atoms with E-state index in [0.29, 0.717) is 19.4 Å². The highest BCUT2D eigenvalue weighted by atomic mass is 16.8. The second-order valence-corrected chi connectivity index (χ2v) is 7.46. The average molecular weight is 364 g/mol. The Hall–Kier alpha value is -1.02. The summed E-state index contributed by atoms with van der Waals surface area (Å²) < 4.78 is 25.4. The van der Waals surface area contributed by atoms with E-state index < -0.39 is 11.6 Å². The number of hydrogen-bond acceptors (Lipinski definition) is 6. The van der Waals surface area contributed by atoms with Gasteiger partial charge in [0.15, 0.2) is 0 Å². The van der Waals surface area contributed by atoms with Crippen molar-refractivity contribution in [2.45, 2.75) is 68.4 Å². The third-order valence-corrected chi connectivity index (χ3v) is 5.74. The van der Waals surface area contributed by atoms with E-state index in [1.807, 2.05) is 30.3 Å². The van der Waals surface area contributed by atoms with E-state index in [2.05, 4.69) is 0 Å². The van der Waals surface area contributed by atoms with Gasteiger partial charge < -0.3 is 29.2 Å². The smallest absolute Gasteiger partial charge is 0.224 e. The summed E-state index contributed by atoms with van der Waals surface area (Å²) in [4.78, 5) is 0. The Morgan fingerprint density at radius 2 is 1.46 bits per heavy atom. The summed E-state index contributed by atoms with van der Waals surface area (Å²) in [6, 6.07) is 9.97. The van der Waals surface area contributed by atoms with E-state index in [9.17, 15) is 10.2 Å². The van der Waals surface area contributed by atoms with Crippen LogP contribution in [0.25, 0.3) is 0 Å². The lowest BCUT2D eigenvalue weighted by molar-refractivity contribution is -0.484. The zero-order valence-corrected chi connectivity index (χ0v) is 15.0. The second-order valence-electron chi connectivity index (χ2n) is 7.46. The Morgan fingerprint density at radius 1 is 0.846 bits per heavy atom. The highest BCUT2D eigenvalue weighted by molar-refractivity contribution is 5.19. The molecule has 6 nitrogen and oxygen atoms in total. The topological polar surface area (TPSA) is 77.4 Å². The van der Waals surface area contributed by atoms with Crippen molar-refractivity contribution in [3.05, 3.63) is 35.9 Å². The summed E-state index contributed by atoms with van der Waals surface area (Å²) in [5.41, 5.74) is 1.03. The van der Waals surface area contributed by atoms with Crippen LogP contribution in [0.5, 0.6) is 0 Å². The van der Waals surface area contributed by atoms with Crippen LogP contribution >= 0.6 is 0 Å². The third-order valence-electron chi connectivity index (χ3n) is 5.74. The molecule has 0 unspecified atom stereocenters. The molecule has 0 saturated carbocycles. The van der Waals surface area contributed by atoms with Gasteiger partial charge in [-0.25, -0.2) is 0 Å². The van der Waals surface area contributed by atoms with Crippen molar-refractivity contribution >= 4 is 0 Å². The molecule has 0 radical (unpaired) electrons. The van der Waals surface area contributed by atoms with Crippen molar-refractivity contribution in [3.63, 3.8) is 0 Å². The summed E-state index contributed by atoms with van der Waals surface area (Å²) in [7, 11) is 0. The molecule has 26 heavy (non-hydrogen) atoms. The molecule has 0 aliphatic carbocycles. The number of aliphatic hydroxyl groups excluding tert-OH is 2. The molecular weight excluding hydrogens is 336 g/mol. The lowest BCUT2D eigenvalue weighted by atomic mass is 9.86. The average Bonchev–Trinajstić information content (AvgIpc) is 2.71. The summed E-state index contributed by atoms with van der Waals surface area (Å²) in [5.74, 6) is -2.09. The normalized spacial score (nSPS) is 40.8. The van der Waals surface area contributed by atoms with Crippen molar-refractivity contribution < 1.29 is 29.2 Å². The fourth-order valence-electron chi connectivity index (χ4n) is 4.42. The van der Waals surface area contributed by atoms with Gasteiger partial charge in [0, 0.05) is 12.8 Å².